The standard InChI is InChI=1S/C12H15FN2O3S/c1-2-9(16)6-7-15-19(17,18)12-5-3-4-11(13)10(12)8-14/h3-5,9,15-16H,2,6-7H2,1H3. The van der Waals surface area contributed by atoms with E-state index in [4.69, 9.17) is 5.26 Å². The summed E-state index contributed by atoms with van der Waals surface area (Å²) in [5.41, 5.74) is -0.508. The molecular formula is C12H15FN2O3S. The highest BCUT2D eigenvalue weighted by Crippen LogP contribution is 2.17. The first-order chi connectivity index (χ1) is 8.92. The molecule has 104 valence electrons. The molecule has 5 nitrogen and oxygen atoms in total. The smallest absolute Gasteiger partial charge is 0.241 e. The Balaban J connectivity index is 2.90. The van der Waals surface area contributed by atoms with Crippen LogP contribution in [0.1, 0.15) is 25.3 Å². The molecule has 0 fully saturated rings. The van der Waals surface area contributed by atoms with Gasteiger partial charge in [-0.15, -0.1) is 0 Å². The fraction of sp³-hybridized carbons (Fsp3) is 0.417. The third kappa shape index (κ3) is 3.99. The van der Waals surface area contributed by atoms with Gasteiger partial charge in [0, 0.05) is 6.54 Å². The van der Waals surface area contributed by atoms with Crippen LogP contribution in [0.25, 0.3) is 0 Å². The number of benzene rings is 1. The molecule has 19 heavy (non-hydrogen) atoms. The van der Waals surface area contributed by atoms with Crippen molar-refractivity contribution in [3.05, 3.63) is 29.6 Å². The van der Waals surface area contributed by atoms with E-state index in [-0.39, 0.29) is 17.9 Å². The first-order valence-corrected chi connectivity index (χ1v) is 7.27. The topological polar surface area (TPSA) is 90.2 Å². The van der Waals surface area contributed by atoms with E-state index in [1.54, 1.807) is 6.92 Å². The van der Waals surface area contributed by atoms with Gasteiger partial charge in [-0.3, -0.25) is 0 Å². The van der Waals surface area contributed by atoms with Crippen LogP contribution in [0.2, 0.25) is 0 Å². The molecule has 1 aromatic carbocycles. The van der Waals surface area contributed by atoms with Crippen LogP contribution in [0.15, 0.2) is 23.1 Å². The van der Waals surface area contributed by atoms with Crippen LogP contribution in [0.4, 0.5) is 4.39 Å². The van der Waals surface area contributed by atoms with Gasteiger partial charge in [-0.1, -0.05) is 13.0 Å². The van der Waals surface area contributed by atoms with E-state index < -0.39 is 27.5 Å². The number of aliphatic hydroxyl groups excluding tert-OH is 1. The van der Waals surface area contributed by atoms with Crippen LogP contribution in [0.5, 0.6) is 0 Å². The molecule has 0 aromatic heterocycles. The molecule has 0 heterocycles. The van der Waals surface area contributed by atoms with Gasteiger partial charge in [0.25, 0.3) is 0 Å². The summed E-state index contributed by atoms with van der Waals surface area (Å²) in [5, 5.41) is 18.1. The zero-order chi connectivity index (χ0) is 14.5. The molecule has 0 saturated carbocycles. The van der Waals surface area contributed by atoms with Crippen LogP contribution < -0.4 is 4.72 Å². The molecule has 7 heteroatoms. The van der Waals surface area contributed by atoms with Gasteiger partial charge in [0.15, 0.2) is 0 Å². The molecule has 0 aliphatic carbocycles. The second-order valence-electron chi connectivity index (χ2n) is 3.97. The second kappa shape index (κ2) is 6.61. The van der Waals surface area contributed by atoms with Gasteiger partial charge in [-0.25, -0.2) is 17.5 Å². The first kappa shape index (κ1) is 15.6. The highest BCUT2D eigenvalue weighted by molar-refractivity contribution is 7.89. The molecule has 1 rings (SSSR count). The van der Waals surface area contributed by atoms with Gasteiger partial charge in [0.05, 0.1) is 6.10 Å². The van der Waals surface area contributed by atoms with Crippen LogP contribution in [-0.2, 0) is 10.0 Å². The zero-order valence-electron chi connectivity index (χ0n) is 10.4. The van der Waals surface area contributed by atoms with Crippen molar-refractivity contribution in [2.24, 2.45) is 0 Å². The van der Waals surface area contributed by atoms with Crippen molar-refractivity contribution in [2.45, 2.75) is 30.8 Å². The maximum absolute atomic E-state index is 13.3. The largest absolute Gasteiger partial charge is 0.393 e. The minimum atomic E-state index is -3.95. The van der Waals surface area contributed by atoms with Crippen molar-refractivity contribution in [1.82, 2.24) is 4.72 Å². The van der Waals surface area contributed by atoms with Gasteiger partial charge in [-0.05, 0) is 25.0 Å². The van der Waals surface area contributed by atoms with E-state index >= 15 is 0 Å². The molecule has 0 amide bonds. The molecule has 0 spiro atoms. The molecule has 0 aliphatic rings. The third-order valence-electron chi connectivity index (χ3n) is 2.62. The van der Waals surface area contributed by atoms with Crippen molar-refractivity contribution in [2.75, 3.05) is 6.54 Å². The van der Waals surface area contributed by atoms with Crippen molar-refractivity contribution in [3.63, 3.8) is 0 Å². The molecule has 0 bridgehead atoms. The van der Waals surface area contributed by atoms with Crippen molar-refractivity contribution < 1.29 is 17.9 Å². The third-order valence-corrected chi connectivity index (χ3v) is 4.12. The minimum absolute atomic E-state index is 0.0265. The van der Waals surface area contributed by atoms with E-state index in [1.807, 2.05) is 0 Å². The molecule has 1 unspecified atom stereocenters. The summed E-state index contributed by atoms with van der Waals surface area (Å²) < 4.78 is 39.4. The molecule has 1 atom stereocenters. The van der Waals surface area contributed by atoms with Gasteiger partial charge in [0.1, 0.15) is 22.3 Å². The Morgan fingerprint density at radius 2 is 2.21 bits per heavy atom. The summed E-state index contributed by atoms with van der Waals surface area (Å²) in [4.78, 5) is -0.388. The fourth-order valence-electron chi connectivity index (χ4n) is 1.48. The minimum Gasteiger partial charge on any atom is -0.393 e. The second-order valence-corrected chi connectivity index (χ2v) is 5.71. The number of hydrogen-bond acceptors (Lipinski definition) is 4. The Labute approximate surface area is 111 Å². The number of nitrogens with zero attached hydrogens (tertiary/aromatic N) is 1. The van der Waals surface area contributed by atoms with Crippen LogP contribution >= 0.6 is 0 Å². The number of sulfonamides is 1. The monoisotopic (exact) mass is 286 g/mol. The van der Waals surface area contributed by atoms with Crippen molar-refractivity contribution >= 4 is 10.0 Å². The molecular weight excluding hydrogens is 271 g/mol. The van der Waals surface area contributed by atoms with Crippen LogP contribution in [-0.4, -0.2) is 26.2 Å². The summed E-state index contributed by atoms with van der Waals surface area (Å²) in [5.74, 6) is -0.876. The number of rotatable bonds is 6. The van der Waals surface area contributed by atoms with Gasteiger partial charge >= 0.3 is 0 Å². The van der Waals surface area contributed by atoms with Gasteiger partial charge in [-0.2, -0.15) is 5.26 Å². The predicted octanol–water partition coefficient (Wildman–Crippen LogP) is 1.14. The Hall–Kier alpha value is -1.49. The lowest BCUT2D eigenvalue weighted by Crippen LogP contribution is -2.28. The number of nitriles is 1. The number of hydrogen-bond donors (Lipinski definition) is 2. The molecule has 0 radical (unpaired) electrons. The summed E-state index contributed by atoms with van der Waals surface area (Å²) >= 11 is 0. The lowest BCUT2D eigenvalue weighted by Gasteiger charge is -2.10. The predicted molar refractivity (Wildman–Crippen MR) is 67.2 cm³/mol. The summed E-state index contributed by atoms with van der Waals surface area (Å²) in [6.45, 7) is 1.80. The average molecular weight is 286 g/mol. The lowest BCUT2D eigenvalue weighted by molar-refractivity contribution is 0.162. The zero-order valence-corrected chi connectivity index (χ0v) is 11.2. The molecule has 2 N–H and O–H groups in total. The van der Waals surface area contributed by atoms with Crippen molar-refractivity contribution in [1.29, 1.82) is 5.26 Å². The lowest BCUT2D eigenvalue weighted by atomic mass is 10.2. The summed E-state index contributed by atoms with van der Waals surface area (Å²) in [7, 11) is -3.95. The van der Waals surface area contributed by atoms with Crippen molar-refractivity contribution in [3.8, 4) is 6.07 Å². The van der Waals surface area contributed by atoms with E-state index in [1.165, 1.54) is 18.2 Å². The maximum atomic E-state index is 13.3. The normalized spacial score (nSPS) is 12.9. The van der Waals surface area contributed by atoms with E-state index in [0.29, 0.717) is 6.42 Å². The van der Waals surface area contributed by atoms with Crippen LogP contribution in [0.3, 0.4) is 0 Å². The molecule has 0 aliphatic heterocycles. The average Bonchev–Trinajstić information content (AvgIpc) is 2.37. The summed E-state index contributed by atoms with van der Waals surface area (Å²) in [6, 6.07) is 4.96. The Kier molecular flexibility index (Phi) is 5.42. The Bertz CT molecular complexity index is 581. The fourth-order valence-corrected chi connectivity index (χ4v) is 2.69. The van der Waals surface area contributed by atoms with E-state index in [9.17, 15) is 17.9 Å². The summed E-state index contributed by atoms with van der Waals surface area (Å²) in [6.07, 6.45) is 0.184. The van der Waals surface area contributed by atoms with E-state index in [0.717, 1.165) is 6.07 Å². The maximum Gasteiger partial charge on any atom is 0.241 e. The molecule has 1 aromatic rings. The highest BCUT2D eigenvalue weighted by Gasteiger charge is 2.20. The van der Waals surface area contributed by atoms with E-state index in [2.05, 4.69) is 4.72 Å². The number of nitrogens with one attached hydrogen (secondary N) is 1. The Morgan fingerprint density at radius 1 is 1.53 bits per heavy atom. The quantitative estimate of drug-likeness (QED) is 0.820. The van der Waals surface area contributed by atoms with Gasteiger partial charge in [0.2, 0.25) is 10.0 Å². The number of aliphatic hydroxyl groups is 1. The van der Waals surface area contributed by atoms with Gasteiger partial charge < -0.3 is 5.11 Å². The van der Waals surface area contributed by atoms with Crippen LogP contribution in [0, 0.1) is 17.1 Å². The SMILES string of the molecule is CCC(O)CCNS(=O)(=O)c1cccc(F)c1C#N. The highest BCUT2D eigenvalue weighted by atomic mass is 32.2. The number of halogens is 1. The first-order valence-electron chi connectivity index (χ1n) is 5.78. The molecule has 0 saturated heterocycles. The Morgan fingerprint density at radius 3 is 2.79 bits per heavy atom.